The van der Waals surface area contributed by atoms with E-state index in [2.05, 4.69) is 22.7 Å². The Labute approximate surface area is 163 Å². The zero-order chi connectivity index (χ0) is 19.7. The van der Waals surface area contributed by atoms with Crippen molar-refractivity contribution >= 4 is 11.6 Å². The first-order valence-electron chi connectivity index (χ1n) is 9.44. The first-order valence-corrected chi connectivity index (χ1v) is 9.44. The summed E-state index contributed by atoms with van der Waals surface area (Å²) in [4.78, 5) is 12.8. The predicted octanol–water partition coefficient (Wildman–Crippen LogP) is 4.70. The van der Waals surface area contributed by atoms with Crippen molar-refractivity contribution in [3.8, 4) is 5.69 Å². The first-order chi connectivity index (χ1) is 13.5. The van der Waals surface area contributed by atoms with E-state index in [4.69, 9.17) is 0 Å². The third kappa shape index (κ3) is 3.36. The van der Waals surface area contributed by atoms with Gasteiger partial charge < -0.3 is 4.57 Å². The molecule has 4 nitrogen and oxygen atoms in total. The molecule has 3 aromatic rings. The van der Waals surface area contributed by atoms with Crippen molar-refractivity contribution in [3.63, 3.8) is 0 Å². The van der Waals surface area contributed by atoms with Crippen LogP contribution in [0.2, 0.25) is 0 Å². The van der Waals surface area contributed by atoms with E-state index in [-0.39, 0.29) is 11.7 Å². The zero-order valence-electron chi connectivity index (χ0n) is 16.0. The molecular weight excluding hydrogens is 353 g/mol. The van der Waals surface area contributed by atoms with Crippen molar-refractivity contribution in [1.82, 2.24) is 9.99 Å². The number of hydrogen-bond acceptors (Lipinski definition) is 2. The van der Waals surface area contributed by atoms with Gasteiger partial charge in [-0.25, -0.2) is 9.82 Å². The highest BCUT2D eigenvalue weighted by Gasteiger charge is 2.18. The molecular formula is C23H22FN3O. The maximum absolute atomic E-state index is 13.2. The summed E-state index contributed by atoms with van der Waals surface area (Å²) < 4.78 is 15.2. The summed E-state index contributed by atoms with van der Waals surface area (Å²) in [6.07, 6.45) is 2.93. The van der Waals surface area contributed by atoms with Crippen molar-refractivity contribution < 1.29 is 9.18 Å². The molecule has 5 heteroatoms. The minimum atomic E-state index is -0.284. The summed E-state index contributed by atoms with van der Waals surface area (Å²) in [5.74, 6) is -0.523. The van der Waals surface area contributed by atoms with E-state index >= 15 is 0 Å². The Morgan fingerprint density at radius 3 is 2.61 bits per heavy atom. The van der Waals surface area contributed by atoms with Crippen LogP contribution in [-0.2, 0) is 6.42 Å². The number of hydrazone groups is 1. The number of aryl methyl sites for hydroxylation is 2. The predicted molar refractivity (Wildman–Crippen MR) is 109 cm³/mol. The van der Waals surface area contributed by atoms with Gasteiger partial charge >= 0.3 is 0 Å². The quantitative estimate of drug-likeness (QED) is 0.663. The second-order valence-electron chi connectivity index (χ2n) is 7.11. The van der Waals surface area contributed by atoms with Gasteiger partial charge in [-0.3, -0.25) is 4.79 Å². The highest BCUT2D eigenvalue weighted by Crippen LogP contribution is 2.23. The normalized spacial score (nSPS) is 14.8. The molecule has 0 aliphatic heterocycles. The van der Waals surface area contributed by atoms with Crippen molar-refractivity contribution in [2.75, 3.05) is 0 Å². The molecule has 1 aliphatic rings. The van der Waals surface area contributed by atoms with Gasteiger partial charge in [0.1, 0.15) is 5.82 Å². The van der Waals surface area contributed by atoms with Crippen LogP contribution in [0.1, 0.15) is 45.7 Å². The van der Waals surface area contributed by atoms with Gasteiger partial charge in [0.15, 0.2) is 0 Å². The number of carbonyl (C=O) groups is 1. The van der Waals surface area contributed by atoms with E-state index in [1.54, 1.807) is 12.1 Å². The van der Waals surface area contributed by atoms with Crippen LogP contribution in [0.5, 0.6) is 0 Å². The van der Waals surface area contributed by atoms with Crippen molar-refractivity contribution in [2.24, 2.45) is 5.10 Å². The smallest absolute Gasteiger partial charge is 0.273 e. The Balaban J connectivity index is 1.60. The average Bonchev–Trinajstić information content (AvgIpc) is 3.01. The molecule has 0 saturated heterocycles. The van der Waals surface area contributed by atoms with Crippen LogP contribution in [0.3, 0.4) is 0 Å². The monoisotopic (exact) mass is 375 g/mol. The molecule has 4 rings (SSSR count). The van der Waals surface area contributed by atoms with Crippen molar-refractivity contribution in [2.45, 2.75) is 33.1 Å². The lowest BCUT2D eigenvalue weighted by atomic mass is 9.90. The molecule has 1 aliphatic carbocycles. The number of fused-ring (bicyclic) bond motifs is 1. The fourth-order valence-electron chi connectivity index (χ4n) is 3.88. The van der Waals surface area contributed by atoms with E-state index in [0.717, 1.165) is 47.6 Å². The van der Waals surface area contributed by atoms with E-state index in [1.807, 2.05) is 36.6 Å². The summed E-state index contributed by atoms with van der Waals surface area (Å²) in [6.45, 7) is 3.81. The van der Waals surface area contributed by atoms with Crippen LogP contribution in [0.4, 0.5) is 4.39 Å². The number of hydrogen-bond donors (Lipinski definition) is 1. The van der Waals surface area contributed by atoms with Gasteiger partial charge in [0.05, 0.1) is 11.3 Å². The Morgan fingerprint density at radius 2 is 1.82 bits per heavy atom. The van der Waals surface area contributed by atoms with Gasteiger partial charge in [-0.1, -0.05) is 24.3 Å². The molecule has 0 saturated carbocycles. The highest BCUT2D eigenvalue weighted by atomic mass is 19.1. The lowest BCUT2D eigenvalue weighted by Gasteiger charge is -2.17. The fourth-order valence-corrected chi connectivity index (χ4v) is 3.88. The van der Waals surface area contributed by atoms with E-state index in [1.165, 1.54) is 17.7 Å². The summed E-state index contributed by atoms with van der Waals surface area (Å²) in [5.41, 5.74) is 9.13. The summed E-state index contributed by atoms with van der Waals surface area (Å²) in [7, 11) is 0. The molecule has 0 atom stereocenters. The summed E-state index contributed by atoms with van der Waals surface area (Å²) in [6, 6.07) is 16.3. The van der Waals surface area contributed by atoms with Crippen molar-refractivity contribution in [1.29, 1.82) is 0 Å². The van der Waals surface area contributed by atoms with E-state index in [9.17, 15) is 9.18 Å². The van der Waals surface area contributed by atoms with Crippen LogP contribution < -0.4 is 5.43 Å². The number of nitrogens with one attached hydrogen (secondary N) is 1. The molecule has 2 aromatic carbocycles. The molecule has 0 fully saturated rings. The number of halogens is 1. The largest absolute Gasteiger partial charge is 0.318 e. The molecule has 0 bridgehead atoms. The SMILES string of the molecule is Cc1cc(C(=O)NN=C2CCCc3ccccc32)c(C)n1-c1ccc(F)cc1. The maximum Gasteiger partial charge on any atom is 0.273 e. The van der Waals surface area contributed by atoms with Crippen LogP contribution in [0, 0.1) is 19.7 Å². The van der Waals surface area contributed by atoms with Gasteiger partial charge in [-0.15, -0.1) is 0 Å². The fraction of sp³-hybridized carbons (Fsp3) is 0.217. The Hall–Kier alpha value is -3.21. The molecule has 142 valence electrons. The number of carbonyl (C=O) groups excluding carboxylic acids is 1. The van der Waals surface area contributed by atoms with Crippen molar-refractivity contribution in [3.05, 3.63) is 88.5 Å². The number of aromatic nitrogens is 1. The molecule has 0 unspecified atom stereocenters. The minimum Gasteiger partial charge on any atom is -0.318 e. The number of nitrogens with zero attached hydrogens (tertiary/aromatic N) is 2. The molecule has 28 heavy (non-hydrogen) atoms. The Bertz CT molecular complexity index is 1060. The Morgan fingerprint density at radius 1 is 1.07 bits per heavy atom. The first kappa shape index (κ1) is 18.2. The maximum atomic E-state index is 13.2. The lowest BCUT2D eigenvalue weighted by molar-refractivity contribution is 0.0954. The third-order valence-electron chi connectivity index (χ3n) is 5.24. The summed E-state index contributed by atoms with van der Waals surface area (Å²) >= 11 is 0. The van der Waals surface area contributed by atoms with Crippen LogP contribution in [0.25, 0.3) is 5.69 Å². The lowest BCUT2D eigenvalue weighted by Crippen LogP contribution is -2.22. The van der Waals surface area contributed by atoms with E-state index in [0.29, 0.717) is 5.56 Å². The highest BCUT2D eigenvalue weighted by molar-refractivity contribution is 6.04. The van der Waals surface area contributed by atoms with Gasteiger partial charge in [-0.2, -0.15) is 5.10 Å². The second kappa shape index (κ2) is 7.43. The van der Waals surface area contributed by atoms with Gasteiger partial charge in [0, 0.05) is 22.6 Å². The Kier molecular flexibility index (Phi) is 4.82. The second-order valence-corrected chi connectivity index (χ2v) is 7.11. The molecule has 1 N–H and O–H groups in total. The number of benzene rings is 2. The summed E-state index contributed by atoms with van der Waals surface area (Å²) in [5, 5.41) is 4.42. The van der Waals surface area contributed by atoms with Gasteiger partial charge in [-0.05, 0) is 69.0 Å². The molecule has 0 spiro atoms. The average molecular weight is 375 g/mol. The molecule has 1 heterocycles. The molecule has 0 radical (unpaired) electrons. The van der Waals surface area contributed by atoms with Crippen LogP contribution in [0.15, 0.2) is 59.7 Å². The molecule has 1 amide bonds. The standard InChI is InChI=1S/C23H22FN3O/c1-15-14-21(16(2)27(15)19-12-10-18(24)11-13-19)23(28)26-25-22-9-5-7-17-6-3-4-8-20(17)22/h3-4,6,8,10-14H,5,7,9H2,1-2H3,(H,26,28). The minimum absolute atomic E-state index is 0.239. The number of amides is 1. The van der Waals surface area contributed by atoms with Gasteiger partial charge in [0.2, 0.25) is 0 Å². The van der Waals surface area contributed by atoms with Gasteiger partial charge in [0.25, 0.3) is 5.91 Å². The molecule has 1 aromatic heterocycles. The topological polar surface area (TPSA) is 46.4 Å². The third-order valence-corrected chi connectivity index (χ3v) is 5.24. The van der Waals surface area contributed by atoms with E-state index < -0.39 is 0 Å². The van der Waals surface area contributed by atoms with Crippen LogP contribution in [-0.4, -0.2) is 16.2 Å². The zero-order valence-corrected chi connectivity index (χ0v) is 16.0. The van der Waals surface area contributed by atoms with Crippen LogP contribution >= 0.6 is 0 Å². The number of rotatable bonds is 3.